The lowest BCUT2D eigenvalue weighted by molar-refractivity contribution is 0.102. The smallest absolute Gasteiger partial charge is 0.276 e. The Bertz CT molecular complexity index is 703. The largest absolute Gasteiger partial charge is 0.324 e. The molecule has 0 unspecified atom stereocenters. The van der Waals surface area contributed by atoms with E-state index in [-0.39, 0.29) is 5.69 Å². The summed E-state index contributed by atoms with van der Waals surface area (Å²) >= 11 is 0. The Hall–Kier alpha value is -2.76. The number of nitrogens with zero attached hydrogens (tertiary/aromatic N) is 2. The maximum absolute atomic E-state index is 12.7. The zero-order valence-electron chi connectivity index (χ0n) is 9.72. The van der Waals surface area contributed by atoms with Gasteiger partial charge in [0.2, 0.25) is 5.95 Å². The minimum Gasteiger partial charge on any atom is -0.324 e. The van der Waals surface area contributed by atoms with Crippen LogP contribution in [0.1, 0.15) is 10.5 Å². The number of benzene rings is 1. The predicted octanol–water partition coefficient (Wildman–Crippen LogP) is 2.35. The SMILES string of the molecule is O=C(Nc1nc2ccccc2[nH]1)c1ccc(F)cn1. The van der Waals surface area contributed by atoms with Gasteiger partial charge in [-0.1, -0.05) is 12.1 Å². The van der Waals surface area contributed by atoms with Crippen molar-refractivity contribution in [2.45, 2.75) is 0 Å². The van der Waals surface area contributed by atoms with E-state index in [0.29, 0.717) is 5.95 Å². The molecule has 19 heavy (non-hydrogen) atoms. The Kier molecular flexibility index (Phi) is 2.68. The van der Waals surface area contributed by atoms with Crippen LogP contribution in [0.15, 0.2) is 42.6 Å². The van der Waals surface area contributed by atoms with E-state index in [4.69, 9.17) is 0 Å². The fourth-order valence-electron chi connectivity index (χ4n) is 1.69. The summed E-state index contributed by atoms with van der Waals surface area (Å²) in [6, 6.07) is 9.91. The average molecular weight is 256 g/mol. The van der Waals surface area contributed by atoms with E-state index < -0.39 is 11.7 Å². The van der Waals surface area contributed by atoms with Crippen LogP contribution in [-0.4, -0.2) is 20.9 Å². The van der Waals surface area contributed by atoms with Crippen molar-refractivity contribution < 1.29 is 9.18 Å². The van der Waals surface area contributed by atoms with Gasteiger partial charge >= 0.3 is 0 Å². The van der Waals surface area contributed by atoms with Gasteiger partial charge in [-0.25, -0.2) is 14.4 Å². The number of imidazole rings is 1. The quantitative estimate of drug-likeness (QED) is 0.739. The molecular weight excluding hydrogens is 247 g/mol. The Morgan fingerprint density at radius 3 is 2.79 bits per heavy atom. The number of carbonyl (C=O) groups excluding carboxylic acids is 1. The van der Waals surface area contributed by atoms with Crippen molar-refractivity contribution >= 4 is 22.9 Å². The number of para-hydroxylation sites is 2. The topological polar surface area (TPSA) is 70.7 Å². The van der Waals surface area contributed by atoms with E-state index >= 15 is 0 Å². The summed E-state index contributed by atoms with van der Waals surface area (Å²) in [5.74, 6) is -0.600. The number of aromatic amines is 1. The van der Waals surface area contributed by atoms with Crippen molar-refractivity contribution in [3.05, 3.63) is 54.1 Å². The molecule has 0 aliphatic rings. The normalized spacial score (nSPS) is 10.6. The van der Waals surface area contributed by atoms with Gasteiger partial charge in [-0.3, -0.25) is 10.1 Å². The second-order valence-corrected chi connectivity index (χ2v) is 3.92. The van der Waals surface area contributed by atoms with Crippen LogP contribution in [-0.2, 0) is 0 Å². The first kappa shape index (κ1) is 11.3. The summed E-state index contributed by atoms with van der Waals surface area (Å²) in [5.41, 5.74) is 1.71. The number of fused-ring (bicyclic) bond motifs is 1. The molecule has 5 nitrogen and oxygen atoms in total. The van der Waals surface area contributed by atoms with Gasteiger partial charge in [0, 0.05) is 0 Å². The van der Waals surface area contributed by atoms with Gasteiger partial charge in [0.15, 0.2) is 0 Å². The molecule has 0 fully saturated rings. The summed E-state index contributed by atoms with van der Waals surface area (Å²) in [4.78, 5) is 22.7. The molecule has 0 saturated heterocycles. The molecule has 3 aromatic rings. The number of hydrogen-bond donors (Lipinski definition) is 2. The van der Waals surface area contributed by atoms with Crippen LogP contribution in [0, 0.1) is 5.82 Å². The van der Waals surface area contributed by atoms with Crippen molar-refractivity contribution in [1.82, 2.24) is 15.0 Å². The average Bonchev–Trinajstić information content (AvgIpc) is 2.81. The molecule has 1 aromatic carbocycles. The first-order valence-corrected chi connectivity index (χ1v) is 5.60. The molecular formula is C13H9FN4O. The highest BCUT2D eigenvalue weighted by molar-refractivity contribution is 6.02. The number of rotatable bonds is 2. The molecule has 1 amide bonds. The van der Waals surface area contributed by atoms with E-state index in [2.05, 4.69) is 20.3 Å². The number of nitrogens with one attached hydrogen (secondary N) is 2. The van der Waals surface area contributed by atoms with Crippen LogP contribution in [0.5, 0.6) is 0 Å². The highest BCUT2D eigenvalue weighted by Gasteiger charge is 2.10. The second-order valence-electron chi connectivity index (χ2n) is 3.92. The van der Waals surface area contributed by atoms with E-state index in [9.17, 15) is 9.18 Å². The Morgan fingerprint density at radius 2 is 2.05 bits per heavy atom. The number of aromatic nitrogens is 3. The molecule has 0 saturated carbocycles. The molecule has 0 radical (unpaired) electrons. The number of hydrogen-bond acceptors (Lipinski definition) is 3. The van der Waals surface area contributed by atoms with Crippen LogP contribution >= 0.6 is 0 Å². The lowest BCUT2D eigenvalue weighted by atomic mass is 10.3. The van der Waals surface area contributed by atoms with E-state index in [0.717, 1.165) is 17.2 Å². The van der Waals surface area contributed by atoms with Gasteiger partial charge in [-0.2, -0.15) is 0 Å². The number of pyridine rings is 1. The maximum Gasteiger partial charge on any atom is 0.276 e. The summed E-state index contributed by atoms with van der Waals surface area (Å²) in [6.45, 7) is 0. The lowest BCUT2D eigenvalue weighted by Crippen LogP contribution is -2.14. The first-order chi connectivity index (χ1) is 9.22. The third kappa shape index (κ3) is 2.28. The lowest BCUT2D eigenvalue weighted by Gasteiger charge is -2.00. The molecule has 0 aliphatic heterocycles. The fourth-order valence-corrected chi connectivity index (χ4v) is 1.69. The number of amides is 1. The Morgan fingerprint density at radius 1 is 1.21 bits per heavy atom. The van der Waals surface area contributed by atoms with Crippen LogP contribution in [0.3, 0.4) is 0 Å². The molecule has 2 N–H and O–H groups in total. The van der Waals surface area contributed by atoms with Crippen LogP contribution in [0.4, 0.5) is 10.3 Å². The molecule has 0 spiro atoms. The van der Waals surface area contributed by atoms with Crippen molar-refractivity contribution in [3.63, 3.8) is 0 Å². The summed E-state index contributed by atoms with van der Waals surface area (Å²) in [6.07, 6.45) is 0.994. The van der Waals surface area contributed by atoms with Crippen molar-refractivity contribution in [1.29, 1.82) is 0 Å². The summed E-state index contributed by atoms with van der Waals surface area (Å²) in [7, 11) is 0. The molecule has 3 rings (SSSR count). The standard InChI is InChI=1S/C13H9FN4O/c14-8-5-6-11(15-7-8)12(19)18-13-16-9-3-1-2-4-10(9)17-13/h1-7H,(H2,16,17,18,19). The molecule has 0 atom stereocenters. The summed E-state index contributed by atoms with van der Waals surface area (Å²) in [5, 5.41) is 2.58. The molecule has 6 heteroatoms. The highest BCUT2D eigenvalue weighted by atomic mass is 19.1. The molecule has 0 bridgehead atoms. The van der Waals surface area contributed by atoms with E-state index in [1.807, 2.05) is 24.3 Å². The predicted molar refractivity (Wildman–Crippen MR) is 68.2 cm³/mol. The van der Waals surface area contributed by atoms with Crippen LogP contribution < -0.4 is 5.32 Å². The van der Waals surface area contributed by atoms with Gasteiger partial charge in [0.1, 0.15) is 11.5 Å². The van der Waals surface area contributed by atoms with Crippen molar-refractivity contribution in [2.24, 2.45) is 0 Å². The van der Waals surface area contributed by atoms with Gasteiger partial charge in [0.05, 0.1) is 17.2 Å². The van der Waals surface area contributed by atoms with Crippen LogP contribution in [0.2, 0.25) is 0 Å². The Labute approximate surface area is 107 Å². The number of H-pyrrole nitrogens is 1. The summed E-state index contributed by atoms with van der Waals surface area (Å²) < 4.78 is 12.7. The highest BCUT2D eigenvalue weighted by Crippen LogP contribution is 2.13. The van der Waals surface area contributed by atoms with Gasteiger partial charge in [-0.15, -0.1) is 0 Å². The number of anilines is 1. The van der Waals surface area contributed by atoms with Crippen LogP contribution in [0.25, 0.3) is 11.0 Å². The fraction of sp³-hybridized carbons (Fsp3) is 0. The van der Waals surface area contributed by atoms with Gasteiger partial charge < -0.3 is 4.98 Å². The third-order valence-corrected chi connectivity index (χ3v) is 2.58. The molecule has 2 heterocycles. The zero-order chi connectivity index (χ0) is 13.2. The zero-order valence-corrected chi connectivity index (χ0v) is 9.72. The first-order valence-electron chi connectivity index (χ1n) is 5.60. The minimum absolute atomic E-state index is 0.127. The maximum atomic E-state index is 12.7. The van der Waals surface area contributed by atoms with E-state index in [1.165, 1.54) is 12.1 Å². The number of halogens is 1. The third-order valence-electron chi connectivity index (χ3n) is 2.58. The molecule has 0 aliphatic carbocycles. The van der Waals surface area contributed by atoms with Crippen molar-refractivity contribution in [2.75, 3.05) is 5.32 Å². The van der Waals surface area contributed by atoms with Gasteiger partial charge in [-0.05, 0) is 24.3 Å². The van der Waals surface area contributed by atoms with E-state index in [1.54, 1.807) is 0 Å². The monoisotopic (exact) mass is 256 g/mol. The number of carbonyl (C=O) groups is 1. The van der Waals surface area contributed by atoms with Gasteiger partial charge in [0.25, 0.3) is 5.91 Å². The van der Waals surface area contributed by atoms with Crippen molar-refractivity contribution in [3.8, 4) is 0 Å². The molecule has 94 valence electrons. The Balaban J connectivity index is 1.84. The minimum atomic E-state index is -0.486. The second kappa shape index (κ2) is 4.49. The molecule has 2 aromatic heterocycles.